The Morgan fingerprint density at radius 3 is 2.52 bits per heavy atom. The van der Waals surface area contributed by atoms with Crippen LogP contribution in [0.25, 0.3) is 0 Å². The van der Waals surface area contributed by atoms with E-state index in [-0.39, 0.29) is 34.7 Å². The number of ether oxygens (including phenoxy) is 2. The number of fused-ring (bicyclic) bond motifs is 1. The number of benzene rings is 1. The van der Waals surface area contributed by atoms with Gasteiger partial charge < -0.3 is 20.1 Å². The molecule has 2 heterocycles. The molecule has 0 spiro atoms. The number of allylic oxidation sites excluding steroid dienone is 2. The molecule has 3 N–H and O–H groups in total. The van der Waals surface area contributed by atoms with Crippen LogP contribution in [0.2, 0.25) is 0 Å². The summed E-state index contributed by atoms with van der Waals surface area (Å²) in [6.45, 7) is 6.30. The summed E-state index contributed by atoms with van der Waals surface area (Å²) in [5.41, 5.74) is 2.28. The fourth-order valence-electron chi connectivity index (χ4n) is 5.03. The average Bonchev–Trinajstić information content (AvgIpc) is 2.71. The molecule has 1 amide bonds. The van der Waals surface area contributed by atoms with E-state index in [1.807, 2.05) is 18.2 Å². The topological polar surface area (TPSA) is 88.7 Å². The zero-order chi connectivity index (χ0) is 22.3. The number of carbonyl (C=O) groups excluding carboxylic acids is 2. The van der Waals surface area contributed by atoms with Gasteiger partial charge in [0.15, 0.2) is 17.3 Å². The minimum atomic E-state index is -0.448. The number of carbonyl (C=O) groups is 2. The summed E-state index contributed by atoms with van der Waals surface area (Å²) in [6.07, 6.45) is 0.991. The van der Waals surface area contributed by atoms with E-state index < -0.39 is 5.92 Å². The lowest BCUT2D eigenvalue weighted by atomic mass is 9.66. The molecule has 31 heavy (non-hydrogen) atoms. The Morgan fingerprint density at radius 2 is 1.84 bits per heavy atom. The monoisotopic (exact) mass is 445 g/mol. The third-order valence-electron chi connectivity index (χ3n) is 6.29. The Kier molecular flexibility index (Phi) is 5.96. The van der Waals surface area contributed by atoms with Crippen molar-refractivity contribution >= 4 is 23.5 Å². The zero-order valence-corrected chi connectivity index (χ0v) is 19.5. The van der Waals surface area contributed by atoms with Crippen LogP contribution in [-0.2, 0) is 9.59 Å². The van der Waals surface area contributed by atoms with Crippen molar-refractivity contribution in [2.75, 3.05) is 20.0 Å². The summed E-state index contributed by atoms with van der Waals surface area (Å²) in [5.74, 6) is 1.34. The molecule has 168 valence electrons. The minimum absolute atomic E-state index is 0.0498. The van der Waals surface area contributed by atoms with Gasteiger partial charge in [-0.1, -0.05) is 26.8 Å². The van der Waals surface area contributed by atoms with Crippen molar-refractivity contribution in [3.8, 4) is 11.5 Å². The van der Waals surface area contributed by atoms with Crippen LogP contribution >= 0.6 is 11.8 Å². The lowest BCUT2D eigenvalue weighted by Gasteiger charge is -2.48. The first-order valence-electron chi connectivity index (χ1n) is 10.7. The zero-order valence-electron chi connectivity index (χ0n) is 18.7. The molecule has 2 aliphatic heterocycles. The number of hydrogen-bond donors (Lipinski definition) is 3. The number of nitrogens with one attached hydrogen (secondary N) is 3. The van der Waals surface area contributed by atoms with Gasteiger partial charge >= 0.3 is 0 Å². The number of thioether (sulfide) groups is 1. The number of Topliss-reactive ketones (excluding diaryl/α,β-unsaturated/α-hetero) is 1. The molecule has 0 saturated carbocycles. The fraction of sp³-hybridized carbons (Fsp3) is 0.565. The first kappa shape index (κ1) is 22.0. The van der Waals surface area contributed by atoms with Crippen LogP contribution in [0.5, 0.6) is 11.5 Å². The van der Waals surface area contributed by atoms with Gasteiger partial charge in [-0.05, 0) is 35.3 Å². The molecule has 0 bridgehead atoms. The predicted octanol–water partition coefficient (Wildman–Crippen LogP) is 2.73. The highest BCUT2D eigenvalue weighted by molar-refractivity contribution is 7.99. The van der Waals surface area contributed by atoms with Gasteiger partial charge in [0.25, 0.3) is 0 Å². The van der Waals surface area contributed by atoms with Crippen LogP contribution < -0.4 is 25.4 Å². The quantitative estimate of drug-likeness (QED) is 0.642. The molecule has 1 aromatic carbocycles. The van der Waals surface area contributed by atoms with Crippen molar-refractivity contribution in [1.82, 2.24) is 16.0 Å². The minimum Gasteiger partial charge on any atom is -0.493 e. The second kappa shape index (κ2) is 8.39. The third-order valence-corrected chi connectivity index (χ3v) is 7.21. The molecular formula is C23H31N3O4S. The van der Waals surface area contributed by atoms with E-state index in [1.165, 1.54) is 0 Å². The highest BCUT2D eigenvalue weighted by atomic mass is 32.2. The van der Waals surface area contributed by atoms with Crippen molar-refractivity contribution in [3.63, 3.8) is 0 Å². The maximum Gasteiger partial charge on any atom is 0.229 e. The van der Waals surface area contributed by atoms with Gasteiger partial charge in [0, 0.05) is 23.6 Å². The Hall–Kier alpha value is -2.19. The van der Waals surface area contributed by atoms with E-state index in [1.54, 1.807) is 26.0 Å². The predicted molar refractivity (Wildman–Crippen MR) is 121 cm³/mol. The molecule has 1 aromatic rings. The van der Waals surface area contributed by atoms with E-state index in [0.29, 0.717) is 17.9 Å². The maximum absolute atomic E-state index is 13.3. The van der Waals surface area contributed by atoms with Crippen LogP contribution in [0, 0.1) is 11.3 Å². The SMILES string of the molecule is CCSC1NC(=O)C2C(NC3=C(C(=O)CC(C)(C)C3)C2c2ccc(OC)c(OC)c2)N1. The molecule has 4 unspecified atom stereocenters. The van der Waals surface area contributed by atoms with Gasteiger partial charge in [-0.15, -0.1) is 11.8 Å². The molecular weight excluding hydrogens is 414 g/mol. The van der Waals surface area contributed by atoms with E-state index in [4.69, 9.17) is 9.47 Å². The second-order valence-electron chi connectivity index (χ2n) is 9.08. The first-order valence-corrected chi connectivity index (χ1v) is 11.8. The van der Waals surface area contributed by atoms with Crippen LogP contribution in [-0.4, -0.2) is 43.3 Å². The van der Waals surface area contributed by atoms with Crippen LogP contribution in [0.4, 0.5) is 0 Å². The van der Waals surface area contributed by atoms with Crippen molar-refractivity contribution < 1.29 is 19.1 Å². The number of ketones is 1. The second-order valence-corrected chi connectivity index (χ2v) is 10.5. The maximum atomic E-state index is 13.3. The fourth-order valence-corrected chi connectivity index (χ4v) is 5.80. The number of hydrogen-bond acceptors (Lipinski definition) is 7. The van der Waals surface area contributed by atoms with Crippen molar-refractivity contribution in [3.05, 3.63) is 35.0 Å². The Bertz CT molecular complexity index is 929. The van der Waals surface area contributed by atoms with Gasteiger partial charge in [0.2, 0.25) is 5.91 Å². The lowest BCUT2D eigenvalue weighted by Crippen LogP contribution is -2.68. The Balaban J connectivity index is 1.83. The van der Waals surface area contributed by atoms with E-state index in [9.17, 15) is 9.59 Å². The van der Waals surface area contributed by atoms with Crippen molar-refractivity contribution in [1.29, 1.82) is 0 Å². The Morgan fingerprint density at radius 1 is 1.10 bits per heavy atom. The lowest BCUT2D eigenvalue weighted by molar-refractivity contribution is -0.130. The van der Waals surface area contributed by atoms with E-state index in [2.05, 4.69) is 36.7 Å². The molecule has 0 radical (unpaired) electrons. The molecule has 1 aliphatic carbocycles. The number of amides is 1. The van der Waals surface area contributed by atoms with E-state index in [0.717, 1.165) is 29.0 Å². The van der Waals surface area contributed by atoms with Crippen LogP contribution in [0.3, 0.4) is 0 Å². The van der Waals surface area contributed by atoms with Crippen molar-refractivity contribution in [2.45, 2.75) is 51.2 Å². The molecule has 4 rings (SSSR count). The molecule has 7 nitrogen and oxygen atoms in total. The van der Waals surface area contributed by atoms with Gasteiger partial charge in [-0.25, -0.2) is 0 Å². The number of methoxy groups -OCH3 is 2. The third kappa shape index (κ3) is 4.03. The smallest absolute Gasteiger partial charge is 0.229 e. The summed E-state index contributed by atoms with van der Waals surface area (Å²) < 4.78 is 10.9. The molecule has 0 aromatic heterocycles. The first-order chi connectivity index (χ1) is 14.8. The normalized spacial score (nSPS) is 29.5. The molecule has 1 saturated heterocycles. The summed E-state index contributed by atoms with van der Waals surface area (Å²) in [5, 5.41) is 10.1. The average molecular weight is 446 g/mol. The van der Waals surface area contributed by atoms with Crippen LogP contribution in [0.1, 0.15) is 45.1 Å². The van der Waals surface area contributed by atoms with Gasteiger partial charge in [0.05, 0.1) is 26.3 Å². The van der Waals surface area contributed by atoms with Gasteiger partial charge in [-0.3, -0.25) is 14.9 Å². The molecule has 8 heteroatoms. The highest BCUT2D eigenvalue weighted by Crippen LogP contribution is 2.48. The summed E-state index contributed by atoms with van der Waals surface area (Å²) in [6, 6.07) is 5.67. The molecule has 3 aliphatic rings. The van der Waals surface area contributed by atoms with Crippen LogP contribution in [0.15, 0.2) is 29.5 Å². The van der Waals surface area contributed by atoms with E-state index >= 15 is 0 Å². The molecule has 1 fully saturated rings. The Labute approximate surface area is 187 Å². The van der Waals surface area contributed by atoms with Crippen molar-refractivity contribution in [2.24, 2.45) is 11.3 Å². The van der Waals surface area contributed by atoms with Gasteiger partial charge in [-0.2, -0.15) is 0 Å². The largest absolute Gasteiger partial charge is 0.493 e. The molecule has 4 atom stereocenters. The standard InChI is InChI=1S/C23H31N3O4S/c1-6-31-22-25-20-19(21(28)26-22)17(12-7-8-15(29-4)16(9-12)30-5)18-13(24-20)10-23(2,3)11-14(18)27/h7-9,17,19-20,22,24-25H,6,10-11H2,1-5H3,(H,26,28). The van der Waals surface area contributed by atoms with Gasteiger partial charge in [0.1, 0.15) is 5.50 Å². The highest BCUT2D eigenvalue weighted by Gasteiger charge is 2.51. The summed E-state index contributed by atoms with van der Waals surface area (Å²) in [7, 11) is 3.18. The summed E-state index contributed by atoms with van der Waals surface area (Å²) in [4.78, 5) is 26.6. The number of rotatable bonds is 5. The summed E-state index contributed by atoms with van der Waals surface area (Å²) >= 11 is 1.65.